The van der Waals surface area contributed by atoms with E-state index in [0.29, 0.717) is 26.4 Å². The van der Waals surface area contributed by atoms with E-state index >= 15 is 0 Å². The predicted molar refractivity (Wildman–Crippen MR) is 175 cm³/mol. The molecule has 0 amide bonds. The second-order valence-electron chi connectivity index (χ2n) is 11.4. The van der Waals surface area contributed by atoms with Crippen molar-refractivity contribution >= 4 is 0 Å². The molecule has 5 heteroatoms. The van der Waals surface area contributed by atoms with Crippen molar-refractivity contribution in [2.24, 2.45) is 0 Å². The van der Waals surface area contributed by atoms with Gasteiger partial charge in [0.15, 0.2) is 0 Å². The summed E-state index contributed by atoms with van der Waals surface area (Å²) in [4.78, 5) is 0. The Labute approximate surface area is 259 Å². The van der Waals surface area contributed by atoms with Crippen molar-refractivity contribution in [3.05, 3.63) is 108 Å². The molecular formula is C38H50O5. The molecule has 4 atom stereocenters. The van der Waals surface area contributed by atoms with Gasteiger partial charge >= 0.3 is 0 Å². The summed E-state index contributed by atoms with van der Waals surface area (Å²) in [6, 6.07) is 16.8. The van der Waals surface area contributed by atoms with Crippen LogP contribution in [0.2, 0.25) is 0 Å². The summed E-state index contributed by atoms with van der Waals surface area (Å²) >= 11 is 0. The molecule has 0 radical (unpaired) electrons. The molecule has 0 aromatic heterocycles. The lowest BCUT2D eigenvalue weighted by Crippen LogP contribution is -2.40. The normalized spacial score (nSPS) is 24.4. The van der Waals surface area contributed by atoms with Crippen molar-refractivity contribution < 1.29 is 23.7 Å². The van der Waals surface area contributed by atoms with Crippen LogP contribution >= 0.6 is 0 Å². The highest BCUT2D eigenvalue weighted by Crippen LogP contribution is 2.44. The van der Waals surface area contributed by atoms with E-state index in [1.165, 1.54) is 11.1 Å². The number of allylic oxidation sites excluding steroid dienone is 4. The third kappa shape index (κ3) is 7.70. The van der Waals surface area contributed by atoms with Crippen LogP contribution in [0, 0.1) is 0 Å². The molecule has 5 nitrogen and oxygen atoms in total. The predicted octanol–water partition coefficient (Wildman–Crippen LogP) is 8.30. The van der Waals surface area contributed by atoms with E-state index in [0.717, 1.165) is 50.0 Å². The van der Waals surface area contributed by atoms with Crippen LogP contribution in [0.5, 0.6) is 11.5 Å². The summed E-state index contributed by atoms with van der Waals surface area (Å²) in [6.45, 7) is 7.02. The van der Waals surface area contributed by atoms with Crippen LogP contribution in [0.3, 0.4) is 0 Å². The van der Waals surface area contributed by atoms with Gasteiger partial charge in [-0.15, -0.1) is 0 Å². The average molecular weight is 587 g/mol. The molecule has 2 aliphatic carbocycles. The lowest BCUT2D eigenvalue weighted by molar-refractivity contribution is 0.0621. The molecule has 2 aliphatic rings. The number of ether oxygens (including phenoxy) is 5. The summed E-state index contributed by atoms with van der Waals surface area (Å²) in [7, 11) is 3.58. The largest absolute Gasteiger partial charge is 0.493 e. The maximum Gasteiger partial charge on any atom is 0.123 e. The number of hydrogen-bond acceptors (Lipinski definition) is 5. The van der Waals surface area contributed by atoms with Crippen LogP contribution in [0.25, 0.3) is 0 Å². The number of para-hydroxylation sites is 2. The summed E-state index contributed by atoms with van der Waals surface area (Å²) in [5.74, 6) is 1.87. The Balaban J connectivity index is 1.41. The van der Waals surface area contributed by atoms with Crippen LogP contribution in [0.1, 0.15) is 63.5 Å². The fourth-order valence-electron chi connectivity index (χ4n) is 6.52. The fourth-order valence-corrected chi connectivity index (χ4v) is 6.52. The van der Waals surface area contributed by atoms with Crippen LogP contribution in [0.15, 0.2) is 97.1 Å². The number of hydrogen-bond donors (Lipinski definition) is 0. The third-order valence-electron chi connectivity index (χ3n) is 8.56. The molecule has 232 valence electrons. The van der Waals surface area contributed by atoms with E-state index < -0.39 is 0 Å². The first-order valence-corrected chi connectivity index (χ1v) is 15.9. The van der Waals surface area contributed by atoms with Crippen molar-refractivity contribution in [1.29, 1.82) is 0 Å². The summed E-state index contributed by atoms with van der Waals surface area (Å²) in [5.41, 5.74) is 1.72. The standard InChI is InChI=1S/C38H50O5/c1-5-27-42-33-19-9-7-17-31(33)37(23-13-11-21-35(37)39-3)25-15-29-41-30-16-26-38(24-14-12-22-36(38)40-4)32-18-8-10-20-34(32)43-28-6-2/h7-14,17-24,35-36H,5-6,15-16,25-30H2,1-4H3. The van der Waals surface area contributed by atoms with Gasteiger partial charge in [-0.1, -0.05) is 98.9 Å². The van der Waals surface area contributed by atoms with Crippen molar-refractivity contribution in [2.45, 2.75) is 75.4 Å². The van der Waals surface area contributed by atoms with E-state index in [4.69, 9.17) is 23.7 Å². The molecule has 0 aliphatic heterocycles. The molecule has 4 unspecified atom stereocenters. The zero-order chi connectivity index (χ0) is 30.4. The molecule has 2 aromatic carbocycles. The van der Waals surface area contributed by atoms with E-state index in [-0.39, 0.29) is 23.0 Å². The molecule has 0 N–H and O–H groups in total. The first-order valence-electron chi connectivity index (χ1n) is 15.9. The van der Waals surface area contributed by atoms with Gasteiger partial charge in [-0.3, -0.25) is 0 Å². The van der Waals surface area contributed by atoms with Crippen LogP contribution in [-0.4, -0.2) is 52.9 Å². The van der Waals surface area contributed by atoms with Gasteiger partial charge < -0.3 is 23.7 Å². The monoisotopic (exact) mass is 586 g/mol. The molecular weight excluding hydrogens is 536 g/mol. The van der Waals surface area contributed by atoms with Gasteiger partial charge in [-0.05, 0) is 50.7 Å². The molecule has 0 spiro atoms. The Kier molecular flexibility index (Phi) is 12.7. The smallest absolute Gasteiger partial charge is 0.123 e. The van der Waals surface area contributed by atoms with Crippen LogP contribution in [0.4, 0.5) is 0 Å². The summed E-state index contributed by atoms with van der Waals surface area (Å²) in [5, 5.41) is 0. The third-order valence-corrected chi connectivity index (χ3v) is 8.56. The van der Waals surface area contributed by atoms with E-state index in [9.17, 15) is 0 Å². The minimum absolute atomic E-state index is 0.0733. The zero-order valence-corrected chi connectivity index (χ0v) is 26.5. The van der Waals surface area contributed by atoms with E-state index in [1.54, 1.807) is 14.2 Å². The van der Waals surface area contributed by atoms with Gasteiger partial charge in [0.2, 0.25) is 0 Å². The number of benzene rings is 2. The minimum Gasteiger partial charge on any atom is -0.493 e. The lowest BCUT2D eigenvalue weighted by Gasteiger charge is -2.39. The number of rotatable bonds is 18. The van der Waals surface area contributed by atoms with Crippen LogP contribution in [-0.2, 0) is 25.0 Å². The minimum atomic E-state index is -0.311. The number of methoxy groups -OCH3 is 2. The fraction of sp³-hybridized carbons (Fsp3) is 0.474. The Morgan fingerprint density at radius 2 is 1.02 bits per heavy atom. The topological polar surface area (TPSA) is 46.2 Å². The Bertz CT molecular complexity index is 1150. The molecule has 0 heterocycles. The Morgan fingerprint density at radius 3 is 1.44 bits per heavy atom. The molecule has 0 fully saturated rings. The van der Waals surface area contributed by atoms with Gasteiger partial charge in [0, 0.05) is 49.4 Å². The second kappa shape index (κ2) is 16.7. The summed E-state index contributed by atoms with van der Waals surface area (Å²) in [6.07, 6.45) is 22.7. The molecule has 43 heavy (non-hydrogen) atoms. The molecule has 0 saturated heterocycles. The second-order valence-corrected chi connectivity index (χ2v) is 11.4. The van der Waals surface area contributed by atoms with Gasteiger partial charge in [0.25, 0.3) is 0 Å². The molecule has 2 aromatic rings. The van der Waals surface area contributed by atoms with Crippen molar-refractivity contribution in [1.82, 2.24) is 0 Å². The van der Waals surface area contributed by atoms with Gasteiger partial charge in [-0.2, -0.15) is 0 Å². The van der Waals surface area contributed by atoms with Crippen molar-refractivity contribution in [2.75, 3.05) is 40.6 Å². The SMILES string of the molecule is CCCOc1ccccc1C1(CCCOCCCC2(c3ccccc3OCCC)C=CC=CC2OC)C=CC=CC1OC. The summed E-state index contributed by atoms with van der Waals surface area (Å²) < 4.78 is 30.7. The van der Waals surface area contributed by atoms with E-state index in [2.05, 4.69) is 98.9 Å². The van der Waals surface area contributed by atoms with E-state index in [1.807, 2.05) is 12.1 Å². The first-order chi connectivity index (χ1) is 21.1. The highest BCUT2D eigenvalue weighted by atomic mass is 16.5. The van der Waals surface area contributed by atoms with Crippen molar-refractivity contribution in [3.8, 4) is 11.5 Å². The molecule has 0 saturated carbocycles. The zero-order valence-electron chi connectivity index (χ0n) is 26.5. The Morgan fingerprint density at radius 1 is 0.581 bits per heavy atom. The average Bonchev–Trinajstić information content (AvgIpc) is 3.06. The molecule has 0 bridgehead atoms. The van der Waals surface area contributed by atoms with Gasteiger partial charge in [-0.25, -0.2) is 0 Å². The van der Waals surface area contributed by atoms with Crippen LogP contribution < -0.4 is 9.47 Å². The molecule has 4 rings (SSSR count). The maximum atomic E-state index is 6.28. The Hall–Kier alpha value is -3.12. The highest BCUT2D eigenvalue weighted by molar-refractivity contribution is 5.48. The van der Waals surface area contributed by atoms with Crippen molar-refractivity contribution in [3.63, 3.8) is 0 Å². The van der Waals surface area contributed by atoms with Gasteiger partial charge in [0.05, 0.1) is 25.4 Å². The van der Waals surface area contributed by atoms with Gasteiger partial charge in [0.1, 0.15) is 11.5 Å². The maximum absolute atomic E-state index is 6.28. The quantitative estimate of drug-likeness (QED) is 0.164. The highest BCUT2D eigenvalue weighted by Gasteiger charge is 2.41. The lowest BCUT2D eigenvalue weighted by atomic mass is 9.69. The first kappa shape index (κ1) is 32.8.